The summed E-state index contributed by atoms with van der Waals surface area (Å²) in [5, 5.41) is 20.3. The van der Waals surface area contributed by atoms with E-state index in [0.29, 0.717) is 0 Å². The number of ether oxygens (including phenoxy) is 1. The summed E-state index contributed by atoms with van der Waals surface area (Å²) in [7, 11) is 0. The zero-order valence-electron chi connectivity index (χ0n) is 9.99. The zero-order valence-corrected chi connectivity index (χ0v) is 11.5. The Morgan fingerprint density at radius 2 is 2.05 bits per heavy atom. The van der Waals surface area contributed by atoms with Gasteiger partial charge in [-0.15, -0.1) is 0 Å². The molecule has 0 amide bonds. The molecule has 0 aliphatic heterocycles. The lowest BCUT2D eigenvalue weighted by Crippen LogP contribution is -2.32. The van der Waals surface area contributed by atoms with Crippen molar-refractivity contribution in [3.8, 4) is 5.75 Å². The molecule has 3 N–H and O–H groups in total. The fourth-order valence-corrected chi connectivity index (χ4v) is 1.38. The second kappa shape index (κ2) is 7.21. The number of hydrogen-bond acceptors (Lipinski definition) is 4. The molecule has 0 saturated carbocycles. The lowest BCUT2D eigenvalue weighted by Gasteiger charge is -2.19. The Morgan fingerprint density at radius 3 is 2.60 bits per heavy atom. The number of benzene rings is 1. The van der Waals surface area contributed by atoms with Gasteiger partial charge in [0, 0.05) is 18.3 Å². The van der Waals surface area contributed by atoms with E-state index in [1.54, 1.807) is 0 Å². The van der Waals surface area contributed by atoms with E-state index in [-0.39, 0.29) is 17.3 Å². The molecule has 0 aliphatic carbocycles. The Hall–Kier alpha value is -0.890. The van der Waals surface area contributed by atoms with Crippen LogP contribution in [0, 0.1) is 0 Å². The molecule has 0 fully saturated rings. The average Bonchev–Trinajstić information content (AvgIpc) is 2.38. The van der Waals surface area contributed by atoms with Gasteiger partial charge in [-0.1, -0.05) is 23.2 Å². The van der Waals surface area contributed by atoms with Crippen molar-refractivity contribution >= 4 is 28.9 Å². The summed E-state index contributed by atoms with van der Waals surface area (Å²) in [5.41, 5.74) is -2.73. The summed E-state index contributed by atoms with van der Waals surface area (Å²) >= 11 is 10.3. The number of hydrogen-bond donors (Lipinski definition) is 3. The van der Waals surface area contributed by atoms with Crippen LogP contribution in [0.25, 0.3) is 0 Å². The first-order valence-corrected chi connectivity index (χ1v) is 6.25. The summed E-state index contributed by atoms with van der Waals surface area (Å²) in [5.74, 6) is -0.469. The van der Waals surface area contributed by atoms with Crippen molar-refractivity contribution in [2.45, 2.75) is 17.8 Å². The minimum absolute atomic E-state index is 0.0186. The Balaban J connectivity index is 2.81. The normalized spacial score (nSPS) is 14.8. The number of aliphatic hydroxyl groups is 2. The number of aliphatic hydroxyl groups excluding tert-OH is 2. The van der Waals surface area contributed by atoms with Crippen molar-refractivity contribution in [1.29, 1.82) is 0 Å². The first-order chi connectivity index (χ1) is 9.26. The number of rotatable bonds is 7. The van der Waals surface area contributed by atoms with Gasteiger partial charge in [-0.25, -0.2) is 4.39 Å². The molecule has 0 aliphatic rings. The van der Waals surface area contributed by atoms with Crippen LogP contribution in [0.15, 0.2) is 18.2 Å². The van der Waals surface area contributed by atoms with E-state index < -0.39 is 30.2 Å². The van der Waals surface area contributed by atoms with Crippen molar-refractivity contribution < 1.29 is 28.1 Å². The first kappa shape index (κ1) is 17.2. The summed E-state index contributed by atoms with van der Waals surface area (Å²) in [6, 6.07) is 3.78. The topological polar surface area (TPSA) is 61.7 Å². The summed E-state index contributed by atoms with van der Waals surface area (Å²) < 4.78 is 42.7. The van der Waals surface area contributed by atoms with Gasteiger partial charge in [-0.3, -0.25) is 0 Å². The molecule has 0 spiro atoms. The van der Waals surface area contributed by atoms with Crippen molar-refractivity contribution in [2.75, 3.05) is 18.5 Å². The van der Waals surface area contributed by atoms with Gasteiger partial charge in [0.15, 0.2) is 0 Å². The van der Waals surface area contributed by atoms with E-state index in [1.165, 1.54) is 12.1 Å². The van der Waals surface area contributed by atoms with Crippen LogP contribution in [0.5, 0.6) is 5.75 Å². The van der Waals surface area contributed by atoms with Crippen LogP contribution in [-0.4, -0.2) is 41.2 Å². The van der Waals surface area contributed by atoms with Gasteiger partial charge < -0.3 is 20.3 Å². The third-order valence-corrected chi connectivity index (χ3v) is 2.75. The van der Waals surface area contributed by atoms with E-state index >= 15 is 0 Å². The smallest absolute Gasteiger partial charge is 0.428 e. The minimum atomic E-state index is -4.23. The van der Waals surface area contributed by atoms with Crippen LogP contribution in [0.2, 0.25) is 5.02 Å². The predicted molar refractivity (Wildman–Crippen MR) is 69.4 cm³/mol. The number of nitrogens with one attached hydrogen (secondary N) is 1. The Morgan fingerprint density at radius 1 is 1.40 bits per heavy atom. The minimum Gasteiger partial charge on any atom is -0.428 e. The van der Waals surface area contributed by atoms with Crippen LogP contribution in [0.4, 0.5) is 18.9 Å². The van der Waals surface area contributed by atoms with Crippen molar-refractivity contribution in [1.82, 2.24) is 0 Å². The number of halogens is 5. The highest BCUT2D eigenvalue weighted by atomic mass is 35.5. The molecule has 0 saturated heterocycles. The molecule has 1 rings (SSSR count). The van der Waals surface area contributed by atoms with Gasteiger partial charge in [0.1, 0.15) is 5.75 Å². The fraction of sp³-hybridized carbons (Fsp3) is 0.455. The molecule has 2 atom stereocenters. The lowest BCUT2D eigenvalue weighted by atomic mass is 10.3. The maximum Gasteiger partial charge on any atom is 0.444 e. The second-order valence-corrected chi connectivity index (χ2v) is 4.62. The maximum absolute atomic E-state index is 13.0. The van der Waals surface area contributed by atoms with Crippen LogP contribution >= 0.6 is 23.2 Å². The van der Waals surface area contributed by atoms with Crippen LogP contribution < -0.4 is 10.1 Å². The van der Waals surface area contributed by atoms with E-state index in [0.717, 1.165) is 6.07 Å². The van der Waals surface area contributed by atoms with Gasteiger partial charge in [0.05, 0.1) is 17.7 Å². The number of alkyl halides is 4. The molecular formula is C11H12Cl2F3NO3. The molecule has 1 aromatic rings. The summed E-state index contributed by atoms with van der Waals surface area (Å²) in [6.07, 6.45) is -5.25. The highest BCUT2D eigenvalue weighted by molar-refractivity contribution is 6.32. The lowest BCUT2D eigenvalue weighted by molar-refractivity contribution is -0.198. The molecule has 0 radical (unpaired) electrons. The molecule has 1 aromatic carbocycles. The summed E-state index contributed by atoms with van der Waals surface area (Å²) in [6.45, 7) is -0.479. The molecule has 0 bridgehead atoms. The third-order valence-electron chi connectivity index (χ3n) is 2.18. The average molecular weight is 334 g/mol. The zero-order chi connectivity index (χ0) is 15.3. The van der Waals surface area contributed by atoms with Crippen molar-refractivity contribution in [2.24, 2.45) is 0 Å². The molecule has 4 nitrogen and oxygen atoms in total. The Labute approximate surface area is 123 Å². The van der Waals surface area contributed by atoms with Gasteiger partial charge in [-0.2, -0.15) is 8.78 Å². The molecule has 20 heavy (non-hydrogen) atoms. The first-order valence-electron chi connectivity index (χ1n) is 5.43. The highest BCUT2D eigenvalue weighted by Crippen LogP contribution is 2.34. The summed E-state index contributed by atoms with van der Waals surface area (Å²) in [4.78, 5) is 0. The van der Waals surface area contributed by atoms with Crippen LogP contribution in [0.3, 0.4) is 0 Å². The quantitative estimate of drug-likeness (QED) is 0.671. The van der Waals surface area contributed by atoms with Gasteiger partial charge in [0.2, 0.25) is 0 Å². The Kier molecular flexibility index (Phi) is 6.19. The molecule has 0 heterocycles. The molecule has 2 unspecified atom stereocenters. The van der Waals surface area contributed by atoms with Crippen LogP contribution in [-0.2, 0) is 0 Å². The van der Waals surface area contributed by atoms with Gasteiger partial charge in [-0.05, 0) is 12.1 Å². The maximum atomic E-state index is 13.0. The van der Waals surface area contributed by atoms with E-state index in [2.05, 4.69) is 21.7 Å². The van der Waals surface area contributed by atoms with Crippen molar-refractivity contribution in [3.63, 3.8) is 0 Å². The largest absolute Gasteiger partial charge is 0.444 e. The monoisotopic (exact) mass is 333 g/mol. The molecular weight excluding hydrogens is 322 g/mol. The molecule has 9 heteroatoms. The Bertz CT molecular complexity index is 449. The SMILES string of the molecule is OCC(O)CNc1ccc(Cl)c(OC(F)(F)C(F)Cl)c1. The standard InChI is InChI=1S/C11H12Cl2F3NO3/c12-8-2-1-6(17-4-7(19)5-18)3-9(8)20-11(15,16)10(13)14/h1-3,7,10,17-19H,4-5H2. The third kappa shape index (κ3) is 4.90. The van der Waals surface area contributed by atoms with E-state index in [9.17, 15) is 13.2 Å². The van der Waals surface area contributed by atoms with Gasteiger partial charge in [0.25, 0.3) is 5.63 Å². The molecule has 0 aromatic heterocycles. The predicted octanol–water partition coefficient (Wildman–Crippen LogP) is 2.61. The fourth-order valence-electron chi connectivity index (χ4n) is 1.18. The van der Waals surface area contributed by atoms with E-state index in [4.69, 9.17) is 21.8 Å². The van der Waals surface area contributed by atoms with Crippen LogP contribution in [0.1, 0.15) is 0 Å². The van der Waals surface area contributed by atoms with Gasteiger partial charge >= 0.3 is 6.11 Å². The van der Waals surface area contributed by atoms with E-state index in [1.807, 2.05) is 0 Å². The second-order valence-electron chi connectivity index (χ2n) is 3.83. The number of anilines is 1. The highest BCUT2D eigenvalue weighted by Gasteiger charge is 2.42. The molecule has 114 valence electrons. The van der Waals surface area contributed by atoms with Crippen molar-refractivity contribution in [3.05, 3.63) is 23.2 Å².